The average Bonchev–Trinajstić information content (AvgIpc) is 2.38. The van der Waals surface area contributed by atoms with Gasteiger partial charge in [0, 0.05) is 0 Å². The maximum atomic E-state index is 11.3. The molecule has 1 aromatic carbocycles. The largest absolute Gasteiger partial charge is 0.493 e. The van der Waals surface area contributed by atoms with Gasteiger partial charge in [0.1, 0.15) is 5.75 Å². The fourth-order valence-corrected chi connectivity index (χ4v) is 2.12. The first-order valence-corrected chi connectivity index (χ1v) is 6.93. The Labute approximate surface area is 121 Å². The van der Waals surface area contributed by atoms with E-state index in [2.05, 4.69) is 6.58 Å². The normalized spacial score (nSPS) is 13.6. The van der Waals surface area contributed by atoms with Crippen molar-refractivity contribution in [3.8, 4) is 5.75 Å². The van der Waals surface area contributed by atoms with Gasteiger partial charge in [-0.15, -0.1) is 6.58 Å². The molecule has 1 N–H and O–H groups in total. The van der Waals surface area contributed by atoms with Crippen molar-refractivity contribution in [3.63, 3.8) is 0 Å². The zero-order valence-corrected chi connectivity index (χ0v) is 12.6. The zero-order valence-electron chi connectivity index (χ0n) is 12.6. The first-order valence-electron chi connectivity index (χ1n) is 6.93. The highest BCUT2D eigenvalue weighted by Gasteiger charge is 2.30. The smallest absolute Gasteiger partial charge is 0.309 e. The number of carbonyl (C=O) groups is 1. The minimum Gasteiger partial charge on any atom is -0.493 e. The Hall–Kier alpha value is -1.77. The van der Waals surface area contributed by atoms with Gasteiger partial charge in [-0.3, -0.25) is 4.79 Å². The molecule has 1 rings (SSSR count). The van der Waals surface area contributed by atoms with Crippen LogP contribution in [0.4, 0.5) is 0 Å². The van der Waals surface area contributed by atoms with E-state index in [1.165, 1.54) is 0 Å². The highest BCUT2D eigenvalue weighted by Crippen LogP contribution is 2.28. The van der Waals surface area contributed by atoms with Crippen LogP contribution in [0.2, 0.25) is 0 Å². The van der Waals surface area contributed by atoms with Crippen molar-refractivity contribution in [2.24, 2.45) is 5.41 Å². The molecule has 0 fully saturated rings. The maximum absolute atomic E-state index is 11.3. The van der Waals surface area contributed by atoms with Crippen molar-refractivity contribution in [1.29, 1.82) is 0 Å². The third-order valence-corrected chi connectivity index (χ3v) is 3.59. The van der Waals surface area contributed by atoms with Crippen LogP contribution < -0.4 is 4.74 Å². The van der Waals surface area contributed by atoms with Gasteiger partial charge in [-0.25, -0.2) is 0 Å². The number of hydrogen-bond donors (Lipinski definition) is 1. The van der Waals surface area contributed by atoms with Crippen LogP contribution >= 0.6 is 0 Å². The van der Waals surface area contributed by atoms with Gasteiger partial charge in [-0.05, 0) is 57.2 Å². The second-order valence-electron chi connectivity index (χ2n) is 5.58. The van der Waals surface area contributed by atoms with Crippen molar-refractivity contribution in [2.45, 2.75) is 40.0 Å². The van der Waals surface area contributed by atoms with Crippen molar-refractivity contribution < 1.29 is 14.6 Å². The molecule has 0 spiro atoms. The Kier molecular flexibility index (Phi) is 5.81. The number of rotatable bonds is 8. The second-order valence-corrected chi connectivity index (χ2v) is 5.58. The predicted molar refractivity (Wildman–Crippen MR) is 81.2 cm³/mol. The second kappa shape index (κ2) is 7.13. The Morgan fingerprint density at radius 2 is 2.15 bits per heavy atom. The summed E-state index contributed by atoms with van der Waals surface area (Å²) < 4.78 is 5.75. The number of hydrogen-bond acceptors (Lipinski definition) is 2. The lowest BCUT2D eigenvalue weighted by atomic mass is 9.82. The minimum atomic E-state index is -0.774. The highest BCUT2D eigenvalue weighted by molar-refractivity contribution is 5.74. The summed E-state index contributed by atoms with van der Waals surface area (Å²) in [6, 6.07) is 6.09. The third kappa shape index (κ3) is 4.41. The van der Waals surface area contributed by atoms with E-state index in [0.717, 1.165) is 16.9 Å². The Morgan fingerprint density at radius 1 is 1.45 bits per heavy atom. The van der Waals surface area contributed by atoms with Gasteiger partial charge in [0.15, 0.2) is 0 Å². The molecular formula is C17H24O3. The fraction of sp³-hybridized carbons (Fsp3) is 0.471. The minimum absolute atomic E-state index is 0.478. The van der Waals surface area contributed by atoms with Gasteiger partial charge in [0.05, 0.1) is 12.0 Å². The van der Waals surface area contributed by atoms with Crippen molar-refractivity contribution in [1.82, 2.24) is 0 Å². The van der Waals surface area contributed by atoms with Gasteiger partial charge >= 0.3 is 5.97 Å². The van der Waals surface area contributed by atoms with E-state index < -0.39 is 11.4 Å². The molecule has 0 aliphatic carbocycles. The summed E-state index contributed by atoms with van der Waals surface area (Å²) in [7, 11) is 0. The average molecular weight is 276 g/mol. The predicted octanol–water partition coefficient (Wildman–Crippen LogP) is 4.13. The summed E-state index contributed by atoms with van der Waals surface area (Å²) in [6.07, 6.45) is 3.44. The molecular weight excluding hydrogens is 252 g/mol. The van der Waals surface area contributed by atoms with Crippen LogP contribution in [-0.4, -0.2) is 17.7 Å². The summed E-state index contributed by atoms with van der Waals surface area (Å²) in [6.45, 7) is 9.95. The standard InChI is InChI=1S/C17H24O3/c1-5-9-17(4,16(18)19)10-6-11-20-15-12-13(2)7-8-14(15)3/h5,7-8,12H,1,6,9-11H2,2-4H3,(H,18,19). The molecule has 0 aliphatic rings. The molecule has 0 saturated carbocycles. The number of allylic oxidation sites excluding steroid dienone is 1. The molecule has 20 heavy (non-hydrogen) atoms. The van der Waals surface area contributed by atoms with Gasteiger partial charge in [0.2, 0.25) is 0 Å². The molecule has 0 saturated heterocycles. The number of benzene rings is 1. The van der Waals surface area contributed by atoms with E-state index in [0.29, 0.717) is 25.9 Å². The third-order valence-electron chi connectivity index (χ3n) is 3.59. The van der Waals surface area contributed by atoms with E-state index in [-0.39, 0.29) is 0 Å². The molecule has 1 unspecified atom stereocenters. The zero-order chi connectivity index (χ0) is 15.2. The van der Waals surface area contributed by atoms with Crippen LogP contribution in [-0.2, 0) is 4.79 Å². The summed E-state index contributed by atoms with van der Waals surface area (Å²) >= 11 is 0. The molecule has 0 radical (unpaired) electrons. The van der Waals surface area contributed by atoms with Crippen LogP contribution in [0.1, 0.15) is 37.3 Å². The SMILES string of the molecule is C=CCC(C)(CCCOc1cc(C)ccc1C)C(=O)O. The van der Waals surface area contributed by atoms with Gasteiger partial charge in [-0.2, -0.15) is 0 Å². The molecule has 3 heteroatoms. The van der Waals surface area contributed by atoms with E-state index >= 15 is 0 Å². The van der Waals surface area contributed by atoms with Gasteiger partial charge < -0.3 is 9.84 Å². The topological polar surface area (TPSA) is 46.5 Å². The van der Waals surface area contributed by atoms with Crippen molar-refractivity contribution >= 4 is 5.97 Å². The first kappa shape index (κ1) is 16.3. The van der Waals surface area contributed by atoms with Crippen molar-refractivity contribution in [3.05, 3.63) is 42.0 Å². The molecule has 1 atom stereocenters. The highest BCUT2D eigenvalue weighted by atomic mass is 16.5. The fourth-order valence-electron chi connectivity index (χ4n) is 2.12. The lowest BCUT2D eigenvalue weighted by molar-refractivity contribution is -0.148. The van der Waals surface area contributed by atoms with Gasteiger partial charge in [0.25, 0.3) is 0 Å². The Bertz CT molecular complexity index is 479. The van der Waals surface area contributed by atoms with Crippen LogP contribution in [0, 0.1) is 19.3 Å². The Balaban J connectivity index is 2.50. The van der Waals surface area contributed by atoms with Gasteiger partial charge in [-0.1, -0.05) is 18.2 Å². The molecule has 0 heterocycles. The molecule has 0 amide bonds. The molecule has 0 bridgehead atoms. The molecule has 1 aromatic rings. The molecule has 0 aliphatic heterocycles. The van der Waals surface area contributed by atoms with Crippen LogP contribution in [0.3, 0.4) is 0 Å². The number of ether oxygens (including phenoxy) is 1. The van der Waals surface area contributed by atoms with E-state index in [9.17, 15) is 9.90 Å². The van der Waals surface area contributed by atoms with Crippen molar-refractivity contribution in [2.75, 3.05) is 6.61 Å². The van der Waals surface area contributed by atoms with Crippen LogP contribution in [0.15, 0.2) is 30.9 Å². The lowest BCUT2D eigenvalue weighted by Crippen LogP contribution is -2.27. The van der Waals surface area contributed by atoms with E-state index in [1.807, 2.05) is 32.0 Å². The number of carboxylic acids is 1. The van der Waals surface area contributed by atoms with E-state index in [1.54, 1.807) is 13.0 Å². The number of carboxylic acid groups (broad SMARTS) is 1. The van der Waals surface area contributed by atoms with Crippen LogP contribution in [0.25, 0.3) is 0 Å². The molecule has 3 nitrogen and oxygen atoms in total. The maximum Gasteiger partial charge on any atom is 0.309 e. The molecule has 0 aromatic heterocycles. The Morgan fingerprint density at radius 3 is 2.75 bits per heavy atom. The number of aryl methyl sites for hydroxylation is 2. The number of aliphatic carboxylic acids is 1. The monoisotopic (exact) mass is 276 g/mol. The van der Waals surface area contributed by atoms with Crippen LogP contribution in [0.5, 0.6) is 5.75 Å². The first-order chi connectivity index (χ1) is 9.39. The van der Waals surface area contributed by atoms with E-state index in [4.69, 9.17) is 4.74 Å². The quantitative estimate of drug-likeness (QED) is 0.573. The molecule has 110 valence electrons. The summed E-state index contributed by atoms with van der Waals surface area (Å²) in [5.41, 5.74) is 1.52. The summed E-state index contributed by atoms with van der Waals surface area (Å²) in [4.78, 5) is 11.3. The lowest BCUT2D eigenvalue weighted by Gasteiger charge is -2.23. The summed E-state index contributed by atoms with van der Waals surface area (Å²) in [5.74, 6) is 0.106. The summed E-state index contributed by atoms with van der Waals surface area (Å²) in [5, 5.41) is 9.27.